The van der Waals surface area contributed by atoms with Gasteiger partial charge in [-0.1, -0.05) is 18.2 Å². The van der Waals surface area contributed by atoms with E-state index in [4.69, 9.17) is 14.2 Å². The van der Waals surface area contributed by atoms with E-state index in [0.29, 0.717) is 12.3 Å². The van der Waals surface area contributed by atoms with E-state index in [9.17, 15) is 4.79 Å². The van der Waals surface area contributed by atoms with Crippen molar-refractivity contribution >= 4 is 5.91 Å². The highest BCUT2D eigenvalue weighted by Gasteiger charge is 2.17. The van der Waals surface area contributed by atoms with E-state index < -0.39 is 6.10 Å². The summed E-state index contributed by atoms with van der Waals surface area (Å²) in [6, 6.07) is 11.6. The summed E-state index contributed by atoms with van der Waals surface area (Å²) in [6.07, 6.45) is -0.570. The molecule has 0 bridgehead atoms. The normalized spacial score (nSPS) is 13.5. The molecule has 0 fully saturated rings. The summed E-state index contributed by atoms with van der Waals surface area (Å²) in [5.74, 6) is 2.02. The number of benzene rings is 2. The number of ether oxygens (including phenoxy) is 3. The number of nitrogens with one attached hydrogen (secondary N) is 1. The smallest absolute Gasteiger partial charge is 0.261 e. The lowest BCUT2D eigenvalue weighted by molar-refractivity contribution is -0.127. The maximum Gasteiger partial charge on any atom is 0.261 e. The molecule has 0 saturated carbocycles. The minimum Gasteiger partial charge on any atom is -0.481 e. The Kier molecular flexibility index (Phi) is 4.60. The molecule has 2 aromatic carbocycles. The topological polar surface area (TPSA) is 56.8 Å². The van der Waals surface area contributed by atoms with Gasteiger partial charge >= 0.3 is 0 Å². The van der Waals surface area contributed by atoms with E-state index in [0.717, 1.165) is 28.2 Å². The first-order valence-corrected chi connectivity index (χ1v) is 7.93. The number of fused-ring (bicyclic) bond motifs is 1. The third kappa shape index (κ3) is 3.62. The molecular weight excluding hydrogens is 306 g/mol. The summed E-state index contributed by atoms with van der Waals surface area (Å²) in [5, 5.41) is 2.88. The zero-order chi connectivity index (χ0) is 17.1. The van der Waals surface area contributed by atoms with Crippen LogP contribution >= 0.6 is 0 Å². The second kappa shape index (κ2) is 6.83. The summed E-state index contributed by atoms with van der Waals surface area (Å²) in [7, 11) is 0. The number of aryl methyl sites for hydroxylation is 2. The van der Waals surface area contributed by atoms with Crippen LogP contribution in [-0.4, -0.2) is 18.8 Å². The largest absolute Gasteiger partial charge is 0.481 e. The Bertz CT molecular complexity index is 757. The van der Waals surface area contributed by atoms with E-state index in [1.54, 1.807) is 6.92 Å². The number of hydrogen-bond donors (Lipinski definition) is 1. The second-order valence-electron chi connectivity index (χ2n) is 5.93. The number of carbonyl (C=O) groups is 1. The van der Waals surface area contributed by atoms with E-state index >= 15 is 0 Å². The van der Waals surface area contributed by atoms with Gasteiger partial charge in [-0.3, -0.25) is 4.79 Å². The van der Waals surface area contributed by atoms with Crippen LogP contribution in [0.4, 0.5) is 0 Å². The number of hydrogen-bond acceptors (Lipinski definition) is 4. The lowest BCUT2D eigenvalue weighted by atomic mass is 10.1. The van der Waals surface area contributed by atoms with Gasteiger partial charge in [-0.25, -0.2) is 0 Å². The average molecular weight is 327 g/mol. The summed E-state index contributed by atoms with van der Waals surface area (Å²) in [5.41, 5.74) is 3.06. The van der Waals surface area contributed by atoms with Crippen LogP contribution in [0.5, 0.6) is 17.2 Å². The van der Waals surface area contributed by atoms with E-state index in [1.807, 2.05) is 50.2 Å². The molecule has 2 aromatic rings. The molecule has 0 aliphatic carbocycles. The van der Waals surface area contributed by atoms with Crippen LogP contribution < -0.4 is 19.5 Å². The molecule has 5 heteroatoms. The molecule has 0 aromatic heterocycles. The average Bonchev–Trinajstić information content (AvgIpc) is 3.03. The van der Waals surface area contributed by atoms with Crippen LogP contribution in [0.25, 0.3) is 0 Å². The Hall–Kier alpha value is -2.69. The van der Waals surface area contributed by atoms with Crippen molar-refractivity contribution in [3.8, 4) is 17.2 Å². The van der Waals surface area contributed by atoms with Gasteiger partial charge < -0.3 is 19.5 Å². The first kappa shape index (κ1) is 16.2. The Morgan fingerprint density at radius 1 is 1.17 bits per heavy atom. The molecule has 1 amide bonds. The SMILES string of the molecule is Cc1ccc(C)c(OC(C)C(=O)NCc2ccc3c(c2)OCO3)c1. The Labute approximate surface area is 141 Å². The quantitative estimate of drug-likeness (QED) is 0.917. The third-order valence-electron chi connectivity index (χ3n) is 3.92. The molecule has 1 aliphatic heterocycles. The van der Waals surface area contributed by atoms with Crippen LogP contribution in [0.2, 0.25) is 0 Å². The fraction of sp³-hybridized carbons (Fsp3) is 0.316. The molecule has 0 spiro atoms. The molecule has 0 radical (unpaired) electrons. The number of amides is 1. The summed E-state index contributed by atoms with van der Waals surface area (Å²) in [6.45, 7) is 6.36. The monoisotopic (exact) mass is 327 g/mol. The van der Waals surface area contributed by atoms with Gasteiger partial charge in [-0.05, 0) is 55.7 Å². The van der Waals surface area contributed by atoms with Gasteiger partial charge in [-0.2, -0.15) is 0 Å². The minimum atomic E-state index is -0.570. The van der Waals surface area contributed by atoms with Gasteiger partial charge in [-0.15, -0.1) is 0 Å². The van der Waals surface area contributed by atoms with Crippen LogP contribution in [0.15, 0.2) is 36.4 Å². The molecule has 5 nitrogen and oxygen atoms in total. The van der Waals surface area contributed by atoms with Crippen molar-refractivity contribution in [2.75, 3.05) is 6.79 Å². The van der Waals surface area contributed by atoms with E-state index in [-0.39, 0.29) is 12.7 Å². The van der Waals surface area contributed by atoms with Crippen LogP contribution in [0.3, 0.4) is 0 Å². The lowest BCUT2D eigenvalue weighted by Crippen LogP contribution is -2.36. The first-order valence-electron chi connectivity index (χ1n) is 7.93. The van der Waals surface area contributed by atoms with Crippen LogP contribution in [-0.2, 0) is 11.3 Å². The highest BCUT2D eigenvalue weighted by atomic mass is 16.7. The predicted molar refractivity (Wildman–Crippen MR) is 90.4 cm³/mol. The minimum absolute atomic E-state index is 0.159. The van der Waals surface area contributed by atoms with Crippen molar-refractivity contribution in [2.45, 2.75) is 33.4 Å². The summed E-state index contributed by atoms with van der Waals surface area (Å²) in [4.78, 5) is 12.3. The molecule has 1 unspecified atom stereocenters. The molecule has 0 saturated heterocycles. The first-order chi connectivity index (χ1) is 11.5. The second-order valence-corrected chi connectivity index (χ2v) is 5.93. The summed E-state index contributed by atoms with van der Waals surface area (Å²) >= 11 is 0. The van der Waals surface area contributed by atoms with Crippen molar-refractivity contribution < 1.29 is 19.0 Å². The number of carbonyl (C=O) groups excluding carboxylic acids is 1. The van der Waals surface area contributed by atoms with Gasteiger partial charge in [0.25, 0.3) is 5.91 Å². The molecule has 3 rings (SSSR count). The van der Waals surface area contributed by atoms with Crippen LogP contribution in [0, 0.1) is 13.8 Å². The molecule has 24 heavy (non-hydrogen) atoms. The van der Waals surface area contributed by atoms with Gasteiger partial charge in [0.05, 0.1) is 0 Å². The lowest BCUT2D eigenvalue weighted by Gasteiger charge is -2.17. The Morgan fingerprint density at radius 3 is 2.79 bits per heavy atom. The van der Waals surface area contributed by atoms with Crippen molar-refractivity contribution in [2.24, 2.45) is 0 Å². The molecular formula is C19H21NO4. The van der Waals surface area contributed by atoms with Crippen molar-refractivity contribution in [1.82, 2.24) is 5.32 Å². The number of rotatable bonds is 5. The van der Waals surface area contributed by atoms with Gasteiger partial charge in [0.2, 0.25) is 6.79 Å². The predicted octanol–water partition coefficient (Wildman–Crippen LogP) is 3.12. The fourth-order valence-electron chi connectivity index (χ4n) is 2.46. The van der Waals surface area contributed by atoms with E-state index in [2.05, 4.69) is 5.32 Å². The zero-order valence-corrected chi connectivity index (χ0v) is 14.1. The van der Waals surface area contributed by atoms with E-state index in [1.165, 1.54) is 0 Å². The molecule has 126 valence electrons. The van der Waals surface area contributed by atoms with Gasteiger partial charge in [0.1, 0.15) is 5.75 Å². The highest BCUT2D eigenvalue weighted by Crippen LogP contribution is 2.32. The zero-order valence-electron chi connectivity index (χ0n) is 14.1. The maximum atomic E-state index is 12.3. The van der Waals surface area contributed by atoms with Crippen molar-refractivity contribution in [3.05, 3.63) is 53.1 Å². The molecule has 1 aliphatic rings. The standard InChI is InChI=1S/C19H21NO4/c1-12-4-5-13(2)17(8-12)24-14(3)19(21)20-10-15-6-7-16-18(9-15)23-11-22-16/h4-9,14H,10-11H2,1-3H3,(H,20,21). The van der Waals surface area contributed by atoms with Crippen LogP contribution in [0.1, 0.15) is 23.6 Å². The van der Waals surface area contributed by atoms with Gasteiger partial charge in [0.15, 0.2) is 17.6 Å². The fourth-order valence-corrected chi connectivity index (χ4v) is 2.46. The maximum absolute atomic E-state index is 12.3. The third-order valence-corrected chi connectivity index (χ3v) is 3.92. The molecule has 1 atom stereocenters. The Balaban J connectivity index is 1.57. The van der Waals surface area contributed by atoms with Crippen molar-refractivity contribution in [3.63, 3.8) is 0 Å². The van der Waals surface area contributed by atoms with Gasteiger partial charge in [0, 0.05) is 6.54 Å². The summed E-state index contributed by atoms with van der Waals surface area (Å²) < 4.78 is 16.4. The molecule has 1 heterocycles. The highest BCUT2D eigenvalue weighted by molar-refractivity contribution is 5.80. The Morgan fingerprint density at radius 2 is 1.96 bits per heavy atom. The van der Waals surface area contributed by atoms with Crippen molar-refractivity contribution in [1.29, 1.82) is 0 Å². The molecule has 1 N–H and O–H groups in total.